The molecule has 4 aromatic rings. The second kappa shape index (κ2) is 8.26. The van der Waals surface area contributed by atoms with Gasteiger partial charge in [-0.2, -0.15) is 0 Å². The monoisotopic (exact) mass is 400 g/mol. The van der Waals surface area contributed by atoms with Crippen molar-refractivity contribution in [2.24, 2.45) is 0 Å². The van der Waals surface area contributed by atoms with Gasteiger partial charge in [-0.15, -0.1) is 11.6 Å². The molecule has 0 saturated heterocycles. The zero-order valence-corrected chi connectivity index (χ0v) is 17.8. The highest BCUT2D eigenvalue weighted by molar-refractivity contribution is 6.22. The minimum Gasteiger partial charge on any atom is -0.328 e. The van der Waals surface area contributed by atoms with Crippen LogP contribution in [0.4, 0.5) is 0 Å². The van der Waals surface area contributed by atoms with Crippen LogP contribution in [-0.4, -0.2) is 9.55 Å². The number of halogens is 1. The lowest BCUT2D eigenvalue weighted by Crippen LogP contribution is -2.07. The Bertz CT molecular complexity index is 1140. The number of nitrogens with zero attached hydrogens (tertiary/aromatic N) is 2. The molecule has 0 N–H and O–H groups in total. The molecule has 1 aromatic heterocycles. The molecule has 0 aliphatic carbocycles. The van der Waals surface area contributed by atoms with Crippen molar-refractivity contribution in [2.45, 2.75) is 32.7 Å². The molecule has 0 radical (unpaired) electrons. The third-order valence-electron chi connectivity index (χ3n) is 5.37. The summed E-state index contributed by atoms with van der Waals surface area (Å²) >= 11 is 6.82. The maximum absolute atomic E-state index is 6.82. The lowest BCUT2D eigenvalue weighted by molar-refractivity contribution is 0.744. The van der Waals surface area contributed by atoms with Gasteiger partial charge in [-0.05, 0) is 48.6 Å². The lowest BCUT2D eigenvalue weighted by atomic mass is 9.98. The molecule has 29 heavy (non-hydrogen) atoms. The van der Waals surface area contributed by atoms with E-state index in [1.807, 2.05) is 12.5 Å². The summed E-state index contributed by atoms with van der Waals surface area (Å²) in [7, 11) is 0. The fraction of sp³-hybridized carbons (Fsp3) is 0.192. The lowest BCUT2D eigenvalue weighted by Gasteiger charge is -2.16. The Labute approximate surface area is 177 Å². The van der Waals surface area contributed by atoms with Crippen molar-refractivity contribution >= 4 is 11.6 Å². The standard InChI is InChI=1S/C26H25ClN2/c1-18-6-4-8-21(12-18)22-10-11-24(20(3)14-22)16-29-17-28-15-25(29)26(27)23-9-5-7-19(2)13-23/h4-15,17,26H,16H2,1-3H3. The summed E-state index contributed by atoms with van der Waals surface area (Å²) in [6.45, 7) is 7.14. The van der Waals surface area contributed by atoms with Gasteiger partial charge in [0.2, 0.25) is 0 Å². The van der Waals surface area contributed by atoms with Crippen molar-refractivity contribution in [1.29, 1.82) is 0 Å². The Balaban J connectivity index is 1.60. The third-order valence-corrected chi connectivity index (χ3v) is 5.85. The van der Waals surface area contributed by atoms with Gasteiger partial charge in [0.05, 0.1) is 12.0 Å². The van der Waals surface area contributed by atoms with E-state index in [1.54, 1.807) is 0 Å². The van der Waals surface area contributed by atoms with Crippen LogP contribution in [0.3, 0.4) is 0 Å². The van der Waals surface area contributed by atoms with Crippen LogP contribution in [0.5, 0.6) is 0 Å². The molecule has 0 amide bonds. The molecule has 1 atom stereocenters. The van der Waals surface area contributed by atoms with E-state index in [1.165, 1.54) is 33.4 Å². The van der Waals surface area contributed by atoms with E-state index in [0.717, 1.165) is 17.8 Å². The summed E-state index contributed by atoms with van der Waals surface area (Å²) in [6, 6.07) is 23.6. The maximum Gasteiger partial charge on any atom is 0.100 e. The molecule has 0 aliphatic heterocycles. The van der Waals surface area contributed by atoms with Gasteiger partial charge in [-0.25, -0.2) is 4.98 Å². The minimum absolute atomic E-state index is 0.218. The van der Waals surface area contributed by atoms with E-state index in [-0.39, 0.29) is 5.38 Å². The number of imidazole rings is 1. The summed E-state index contributed by atoms with van der Waals surface area (Å²) in [5.74, 6) is 0. The van der Waals surface area contributed by atoms with Crippen LogP contribution >= 0.6 is 11.6 Å². The molecule has 0 aliphatic rings. The first-order chi connectivity index (χ1) is 14.0. The largest absolute Gasteiger partial charge is 0.328 e. The Morgan fingerprint density at radius 1 is 0.862 bits per heavy atom. The normalized spacial score (nSPS) is 12.1. The average molecular weight is 401 g/mol. The van der Waals surface area contributed by atoms with Gasteiger partial charge in [0.15, 0.2) is 0 Å². The second-order valence-corrected chi connectivity index (χ2v) is 8.17. The molecule has 146 valence electrons. The zero-order valence-electron chi connectivity index (χ0n) is 17.1. The maximum atomic E-state index is 6.82. The van der Waals surface area contributed by atoms with E-state index in [0.29, 0.717) is 0 Å². The van der Waals surface area contributed by atoms with Crippen LogP contribution in [0.1, 0.15) is 38.9 Å². The fourth-order valence-corrected chi connectivity index (χ4v) is 4.05. The molecular formula is C26H25ClN2. The molecule has 3 aromatic carbocycles. The number of hydrogen-bond donors (Lipinski definition) is 0. The first kappa shape index (κ1) is 19.5. The predicted octanol–water partition coefficient (Wildman–Crippen LogP) is 6.85. The Morgan fingerprint density at radius 2 is 1.59 bits per heavy atom. The Morgan fingerprint density at radius 3 is 2.31 bits per heavy atom. The average Bonchev–Trinajstić information content (AvgIpc) is 3.17. The molecule has 3 heteroatoms. The Hall–Kier alpha value is -2.84. The highest BCUT2D eigenvalue weighted by Crippen LogP contribution is 2.30. The smallest absolute Gasteiger partial charge is 0.100 e. The van der Waals surface area contributed by atoms with Crippen molar-refractivity contribution in [1.82, 2.24) is 9.55 Å². The third kappa shape index (κ3) is 4.28. The van der Waals surface area contributed by atoms with E-state index < -0.39 is 0 Å². The van der Waals surface area contributed by atoms with Gasteiger partial charge in [-0.3, -0.25) is 0 Å². The molecule has 0 saturated carbocycles. The first-order valence-electron chi connectivity index (χ1n) is 9.88. The van der Waals surface area contributed by atoms with E-state index >= 15 is 0 Å². The van der Waals surface area contributed by atoms with Gasteiger partial charge >= 0.3 is 0 Å². The van der Waals surface area contributed by atoms with Crippen molar-refractivity contribution in [3.8, 4) is 11.1 Å². The number of alkyl halides is 1. The van der Waals surface area contributed by atoms with Crippen molar-refractivity contribution in [3.63, 3.8) is 0 Å². The van der Waals surface area contributed by atoms with Crippen LogP contribution in [0.25, 0.3) is 11.1 Å². The summed E-state index contributed by atoms with van der Waals surface area (Å²) in [4.78, 5) is 4.37. The second-order valence-electron chi connectivity index (χ2n) is 7.73. The summed E-state index contributed by atoms with van der Waals surface area (Å²) in [6.07, 6.45) is 3.74. The molecule has 1 heterocycles. The summed E-state index contributed by atoms with van der Waals surface area (Å²) in [5, 5.41) is -0.218. The SMILES string of the molecule is Cc1cccc(-c2ccc(Cn3cncc3C(Cl)c3cccc(C)c3)c(C)c2)c1. The van der Waals surface area contributed by atoms with Gasteiger partial charge < -0.3 is 4.57 Å². The van der Waals surface area contributed by atoms with Crippen molar-refractivity contribution in [3.05, 3.63) is 113 Å². The van der Waals surface area contributed by atoms with Gasteiger partial charge in [-0.1, -0.05) is 77.9 Å². The summed E-state index contributed by atoms with van der Waals surface area (Å²) in [5.41, 5.74) is 9.64. The fourth-order valence-electron chi connectivity index (χ4n) is 3.73. The predicted molar refractivity (Wildman–Crippen MR) is 122 cm³/mol. The summed E-state index contributed by atoms with van der Waals surface area (Å²) < 4.78 is 2.15. The van der Waals surface area contributed by atoms with E-state index in [2.05, 4.69) is 97.1 Å². The first-order valence-corrected chi connectivity index (χ1v) is 10.3. The number of aromatic nitrogens is 2. The highest BCUT2D eigenvalue weighted by atomic mass is 35.5. The van der Waals surface area contributed by atoms with Crippen LogP contribution in [-0.2, 0) is 6.54 Å². The molecule has 0 fully saturated rings. The molecule has 0 bridgehead atoms. The zero-order chi connectivity index (χ0) is 20.4. The topological polar surface area (TPSA) is 17.8 Å². The molecule has 4 rings (SSSR count). The molecule has 1 unspecified atom stereocenters. The van der Waals surface area contributed by atoms with Crippen LogP contribution in [0, 0.1) is 20.8 Å². The van der Waals surface area contributed by atoms with Crippen LogP contribution < -0.4 is 0 Å². The van der Waals surface area contributed by atoms with Gasteiger partial charge in [0.1, 0.15) is 5.38 Å². The number of hydrogen-bond acceptors (Lipinski definition) is 1. The molecule has 2 nitrogen and oxygen atoms in total. The Kier molecular flexibility index (Phi) is 5.55. The van der Waals surface area contributed by atoms with E-state index in [4.69, 9.17) is 11.6 Å². The quantitative estimate of drug-likeness (QED) is 0.335. The van der Waals surface area contributed by atoms with Crippen LogP contribution in [0.15, 0.2) is 79.3 Å². The number of aryl methyl sites for hydroxylation is 3. The van der Waals surface area contributed by atoms with Gasteiger partial charge in [0, 0.05) is 12.7 Å². The highest BCUT2D eigenvalue weighted by Gasteiger charge is 2.16. The molecule has 0 spiro atoms. The minimum atomic E-state index is -0.218. The van der Waals surface area contributed by atoms with Crippen LogP contribution in [0.2, 0.25) is 0 Å². The van der Waals surface area contributed by atoms with Crippen molar-refractivity contribution < 1.29 is 0 Å². The molecular weight excluding hydrogens is 376 g/mol. The number of benzene rings is 3. The van der Waals surface area contributed by atoms with E-state index in [9.17, 15) is 0 Å². The number of rotatable bonds is 5. The van der Waals surface area contributed by atoms with Crippen molar-refractivity contribution in [2.75, 3.05) is 0 Å². The van der Waals surface area contributed by atoms with Gasteiger partial charge in [0.25, 0.3) is 0 Å².